The molecular weight excluding hydrogens is 312 g/mol. The van der Waals surface area contributed by atoms with Crippen molar-refractivity contribution in [2.24, 2.45) is 0 Å². The fourth-order valence-electron chi connectivity index (χ4n) is 2.70. The minimum Gasteiger partial charge on any atom is -0.480 e. The van der Waals surface area contributed by atoms with Gasteiger partial charge in [0, 0.05) is 5.25 Å². The van der Waals surface area contributed by atoms with Gasteiger partial charge in [-0.15, -0.1) is 0 Å². The average molecular weight is 349 g/mol. The van der Waals surface area contributed by atoms with Crippen LogP contribution in [0.25, 0.3) is 0 Å². The molecule has 2 nitrogen and oxygen atoms in total. The Hall–Kier alpha value is 0.170. The molecule has 0 heterocycles. The lowest BCUT2D eigenvalue weighted by Crippen LogP contribution is -2.18. The molecule has 0 saturated carbocycles. The predicted molar refractivity (Wildman–Crippen MR) is 103 cm³/mol. The van der Waals surface area contributed by atoms with Crippen LogP contribution >= 0.6 is 25.3 Å². The van der Waals surface area contributed by atoms with Gasteiger partial charge in [-0.1, -0.05) is 84.0 Å². The number of thiol groups is 2. The minimum absolute atomic E-state index is 0.168. The molecule has 0 radical (unpaired) electrons. The summed E-state index contributed by atoms with van der Waals surface area (Å²) in [7, 11) is 0. The molecule has 0 aliphatic rings. The van der Waals surface area contributed by atoms with Crippen molar-refractivity contribution in [2.75, 3.05) is 0 Å². The number of hydrogen-bond donors (Lipinski definition) is 3. The molecule has 0 aliphatic carbocycles. The molecule has 22 heavy (non-hydrogen) atoms. The van der Waals surface area contributed by atoms with Gasteiger partial charge in [-0.2, -0.15) is 25.3 Å². The quantitative estimate of drug-likeness (QED) is 0.231. The maximum Gasteiger partial charge on any atom is 0.316 e. The highest BCUT2D eigenvalue weighted by Gasteiger charge is 2.16. The molecule has 0 aromatic rings. The molecule has 0 rings (SSSR count). The first-order chi connectivity index (χ1) is 10.6. The summed E-state index contributed by atoms with van der Waals surface area (Å²) in [4.78, 5) is 10.7. The Bertz CT molecular complexity index is 259. The Kier molecular flexibility index (Phi) is 16.2. The fraction of sp³-hybridized carbons (Fsp3) is 0.944. The number of unbranched alkanes of at least 4 members (excludes halogenated alkanes) is 11. The fourth-order valence-corrected chi connectivity index (χ4v) is 3.51. The predicted octanol–water partition coefficient (Wildman–Crippen LogP) is 6.15. The van der Waals surface area contributed by atoms with Crippen molar-refractivity contribution >= 4 is 31.2 Å². The Morgan fingerprint density at radius 3 is 1.64 bits per heavy atom. The first kappa shape index (κ1) is 22.2. The monoisotopic (exact) mass is 348 g/mol. The van der Waals surface area contributed by atoms with Gasteiger partial charge in [0.05, 0.1) is 0 Å². The summed E-state index contributed by atoms with van der Waals surface area (Å²) in [6.45, 7) is 2.26. The van der Waals surface area contributed by atoms with Crippen LogP contribution in [0, 0.1) is 0 Å². The van der Waals surface area contributed by atoms with Crippen molar-refractivity contribution in [3.63, 3.8) is 0 Å². The molecule has 0 fully saturated rings. The molecular formula is C18H36O2S2. The first-order valence-electron chi connectivity index (χ1n) is 9.16. The molecule has 0 bridgehead atoms. The van der Waals surface area contributed by atoms with Gasteiger partial charge in [-0.3, -0.25) is 4.79 Å². The van der Waals surface area contributed by atoms with Gasteiger partial charge >= 0.3 is 5.97 Å². The van der Waals surface area contributed by atoms with Gasteiger partial charge in [0.25, 0.3) is 0 Å². The van der Waals surface area contributed by atoms with Gasteiger partial charge in [0.1, 0.15) is 5.25 Å². The van der Waals surface area contributed by atoms with E-state index in [4.69, 9.17) is 5.11 Å². The largest absolute Gasteiger partial charge is 0.480 e. The van der Waals surface area contributed by atoms with E-state index < -0.39 is 11.2 Å². The second-order valence-corrected chi connectivity index (χ2v) is 7.77. The molecule has 0 aliphatic heterocycles. The second-order valence-electron chi connectivity index (χ2n) is 6.42. The SMILES string of the molecule is CCCCCCCCCCCCCCC(S)CC(S)C(=O)O. The van der Waals surface area contributed by atoms with Crippen molar-refractivity contribution in [1.29, 1.82) is 0 Å². The normalized spacial score (nSPS) is 14.0. The second kappa shape index (κ2) is 16.0. The van der Waals surface area contributed by atoms with Crippen molar-refractivity contribution < 1.29 is 9.90 Å². The summed E-state index contributed by atoms with van der Waals surface area (Å²) in [6, 6.07) is 0. The molecule has 132 valence electrons. The van der Waals surface area contributed by atoms with E-state index >= 15 is 0 Å². The molecule has 0 aromatic heterocycles. The van der Waals surface area contributed by atoms with E-state index in [0.717, 1.165) is 12.8 Å². The lowest BCUT2D eigenvalue weighted by Gasteiger charge is -2.12. The Morgan fingerprint density at radius 2 is 1.23 bits per heavy atom. The van der Waals surface area contributed by atoms with Gasteiger partial charge in [-0.25, -0.2) is 0 Å². The molecule has 4 heteroatoms. The van der Waals surface area contributed by atoms with Crippen LogP contribution in [0.3, 0.4) is 0 Å². The van der Waals surface area contributed by atoms with Crippen molar-refractivity contribution in [2.45, 2.75) is 107 Å². The molecule has 0 aromatic carbocycles. The van der Waals surface area contributed by atoms with Crippen LogP contribution in [-0.2, 0) is 4.79 Å². The van der Waals surface area contributed by atoms with E-state index in [9.17, 15) is 4.79 Å². The third-order valence-electron chi connectivity index (χ3n) is 4.17. The lowest BCUT2D eigenvalue weighted by atomic mass is 10.0. The highest BCUT2D eigenvalue weighted by Crippen LogP contribution is 2.18. The maximum absolute atomic E-state index is 10.7. The number of hydrogen-bond acceptors (Lipinski definition) is 3. The van der Waals surface area contributed by atoms with Crippen molar-refractivity contribution in [3.8, 4) is 0 Å². The van der Waals surface area contributed by atoms with Crippen LogP contribution in [0.2, 0.25) is 0 Å². The highest BCUT2D eigenvalue weighted by molar-refractivity contribution is 7.82. The van der Waals surface area contributed by atoms with Crippen LogP contribution in [0.5, 0.6) is 0 Å². The molecule has 0 saturated heterocycles. The first-order valence-corrected chi connectivity index (χ1v) is 10.2. The van der Waals surface area contributed by atoms with Crippen LogP contribution in [-0.4, -0.2) is 21.6 Å². The van der Waals surface area contributed by atoms with Gasteiger partial charge in [0.15, 0.2) is 0 Å². The zero-order chi connectivity index (χ0) is 16.6. The number of carbonyl (C=O) groups is 1. The third kappa shape index (κ3) is 15.1. The van der Waals surface area contributed by atoms with E-state index in [0.29, 0.717) is 6.42 Å². The van der Waals surface area contributed by atoms with Crippen LogP contribution in [0.1, 0.15) is 96.8 Å². The van der Waals surface area contributed by atoms with Crippen LogP contribution in [0.4, 0.5) is 0 Å². The summed E-state index contributed by atoms with van der Waals surface area (Å²) in [6.07, 6.45) is 17.7. The van der Waals surface area contributed by atoms with E-state index in [1.807, 2.05) is 0 Å². The number of carboxylic acid groups (broad SMARTS) is 1. The summed E-state index contributed by atoms with van der Waals surface area (Å²) in [5, 5.41) is 8.39. The molecule has 0 amide bonds. The van der Waals surface area contributed by atoms with Gasteiger partial charge in [-0.05, 0) is 12.8 Å². The molecule has 0 spiro atoms. The Labute approximate surface area is 148 Å². The van der Waals surface area contributed by atoms with E-state index in [1.54, 1.807) is 0 Å². The lowest BCUT2D eigenvalue weighted by molar-refractivity contribution is -0.136. The zero-order valence-corrected chi connectivity index (χ0v) is 16.1. The van der Waals surface area contributed by atoms with Crippen LogP contribution in [0.15, 0.2) is 0 Å². The summed E-state index contributed by atoms with van der Waals surface area (Å²) in [5.74, 6) is -0.836. The topological polar surface area (TPSA) is 37.3 Å². The summed E-state index contributed by atoms with van der Waals surface area (Å²) < 4.78 is 0. The maximum atomic E-state index is 10.7. The number of rotatable bonds is 16. The number of carboxylic acids is 1. The summed E-state index contributed by atoms with van der Waals surface area (Å²) in [5.41, 5.74) is 0. The van der Waals surface area contributed by atoms with E-state index in [-0.39, 0.29) is 5.25 Å². The minimum atomic E-state index is -0.836. The van der Waals surface area contributed by atoms with E-state index in [2.05, 4.69) is 32.2 Å². The number of aliphatic carboxylic acids is 1. The van der Waals surface area contributed by atoms with Gasteiger partial charge < -0.3 is 5.11 Å². The van der Waals surface area contributed by atoms with Crippen LogP contribution < -0.4 is 0 Å². The molecule has 2 unspecified atom stereocenters. The Balaban J connectivity index is 3.21. The van der Waals surface area contributed by atoms with Crippen molar-refractivity contribution in [3.05, 3.63) is 0 Å². The van der Waals surface area contributed by atoms with Crippen molar-refractivity contribution in [1.82, 2.24) is 0 Å². The zero-order valence-electron chi connectivity index (χ0n) is 14.3. The highest BCUT2D eigenvalue weighted by atomic mass is 32.1. The third-order valence-corrected chi connectivity index (χ3v) is 5.07. The smallest absolute Gasteiger partial charge is 0.316 e. The Morgan fingerprint density at radius 1 is 0.818 bits per heavy atom. The standard InChI is InChI=1S/C18H36O2S2/c1-2-3-4-5-6-7-8-9-10-11-12-13-14-16(21)15-17(22)18(19)20/h16-17,21-22H,2-15H2,1H3,(H,19,20). The molecule has 1 N–H and O–H groups in total. The molecule has 2 atom stereocenters. The van der Waals surface area contributed by atoms with Gasteiger partial charge in [0.2, 0.25) is 0 Å². The summed E-state index contributed by atoms with van der Waals surface area (Å²) >= 11 is 8.51. The average Bonchev–Trinajstić information content (AvgIpc) is 2.48. The van der Waals surface area contributed by atoms with E-state index in [1.165, 1.54) is 70.6 Å².